The smallest absolute Gasteiger partial charge is 0.324 e. The quantitative estimate of drug-likeness (QED) is 0.679. The number of rotatable bonds is 3. The van der Waals surface area contributed by atoms with Crippen molar-refractivity contribution in [1.82, 2.24) is 14.5 Å². The lowest BCUT2D eigenvalue weighted by Crippen LogP contribution is -2.44. The fourth-order valence-electron chi connectivity index (χ4n) is 3.73. The zero-order valence-corrected chi connectivity index (χ0v) is 17.3. The fourth-order valence-corrected chi connectivity index (χ4v) is 3.73. The zero-order valence-electron chi connectivity index (χ0n) is 17.3. The summed E-state index contributed by atoms with van der Waals surface area (Å²) < 4.78 is 6.70. The number of para-hydroxylation sites is 1. The van der Waals surface area contributed by atoms with E-state index in [9.17, 15) is 4.79 Å². The lowest BCUT2D eigenvalue weighted by atomic mass is 10.2. The van der Waals surface area contributed by atoms with E-state index in [-0.39, 0.29) is 0 Å². The molecule has 1 amide bonds. The van der Waals surface area contributed by atoms with Crippen molar-refractivity contribution in [3.05, 3.63) is 53.9 Å². The molecule has 1 aliphatic heterocycles. The van der Waals surface area contributed by atoms with Gasteiger partial charge in [0.05, 0.1) is 24.7 Å². The molecule has 1 aliphatic rings. The second-order valence-electron chi connectivity index (χ2n) is 7.35. The second kappa shape index (κ2) is 8.47. The largest absolute Gasteiger partial charge is 0.497 e. The lowest BCUT2D eigenvalue weighted by Gasteiger charge is -2.34. The van der Waals surface area contributed by atoms with Gasteiger partial charge in [0.1, 0.15) is 17.1 Å². The number of nitrogens with two attached hydrogens (primary N) is 1. The average molecular weight is 403 g/mol. The summed E-state index contributed by atoms with van der Waals surface area (Å²) in [7, 11) is 3.75. The number of primary amides is 1. The number of nitrogens with zero attached hydrogens (tertiary/aromatic N) is 4. The minimum Gasteiger partial charge on any atom is -0.497 e. The Labute approximate surface area is 176 Å². The Morgan fingerprint density at radius 1 is 1.17 bits per heavy atom. The number of amides is 1. The minimum atomic E-state index is -0.550. The van der Waals surface area contributed by atoms with Gasteiger partial charge in [-0.1, -0.05) is 24.0 Å². The number of aromatic nitrogens is 2. The Kier molecular flexibility index (Phi) is 5.59. The van der Waals surface area contributed by atoms with E-state index in [1.807, 2.05) is 36.4 Å². The van der Waals surface area contributed by atoms with Crippen LogP contribution in [0.15, 0.2) is 42.5 Å². The van der Waals surface area contributed by atoms with E-state index < -0.39 is 6.03 Å². The summed E-state index contributed by atoms with van der Waals surface area (Å²) in [5.41, 5.74) is 9.07. The number of methoxy groups -OCH3 is 1. The van der Waals surface area contributed by atoms with Crippen LogP contribution in [-0.4, -0.2) is 60.8 Å². The first kappa shape index (κ1) is 19.8. The highest BCUT2D eigenvalue weighted by atomic mass is 16.5. The number of anilines is 1. The molecule has 0 spiro atoms. The average Bonchev–Trinajstić information content (AvgIpc) is 3.13. The lowest BCUT2D eigenvalue weighted by molar-refractivity contribution is 0.250. The van der Waals surface area contributed by atoms with Gasteiger partial charge < -0.3 is 20.3 Å². The number of piperazine rings is 1. The first-order valence-corrected chi connectivity index (χ1v) is 9.93. The van der Waals surface area contributed by atoms with Gasteiger partial charge in [0.2, 0.25) is 0 Å². The van der Waals surface area contributed by atoms with Crippen molar-refractivity contribution < 1.29 is 9.53 Å². The van der Waals surface area contributed by atoms with Crippen molar-refractivity contribution in [2.45, 2.75) is 6.42 Å². The Morgan fingerprint density at radius 2 is 1.93 bits per heavy atom. The Bertz CT molecular complexity index is 1130. The molecular formula is C23H25N5O2. The van der Waals surface area contributed by atoms with Crippen LogP contribution in [0, 0.1) is 11.8 Å². The van der Waals surface area contributed by atoms with Crippen LogP contribution < -0.4 is 15.4 Å². The van der Waals surface area contributed by atoms with Gasteiger partial charge in [0.15, 0.2) is 0 Å². The van der Waals surface area contributed by atoms with Crippen LogP contribution in [0.1, 0.15) is 11.4 Å². The van der Waals surface area contributed by atoms with Crippen LogP contribution in [0.2, 0.25) is 0 Å². The van der Waals surface area contributed by atoms with Crippen molar-refractivity contribution in [1.29, 1.82) is 0 Å². The Hall–Kier alpha value is -3.50. The van der Waals surface area contributed by atoms with Crippen LogP contribution in [0.4, 0.5) is 10.5 Å². The molecule has 1 fully saturated rings. The van der Waals surface area contributed by atoms with Crippen LogP contribution in [0.5, 0.6) is 5.75 Å². The summed E-state index contributed by atoms with van der Waals surface area (Å²) in [5.74, 6) is 7.53. The van der Waals surface area contributed by atoms with Crippen molar-refractivity contribution >= 4 is 22.8 Å². The van der Waals surface area contributed by atoms with E-state index in [0.29, 0.717) is 12.2 Å². The number of benzene rings is 2. The number of ether oxygens (including phenoxy) is 1. The van der Waals surface area contributed by atoms with Crippen LogP contribution in [0.25, 0.3) is 11.0 Å². The molecule has 2 aromatic carbocycles. The fraction of sp³-hybridized carbons (Fsp3) is 0.304. The highest BCUT2D eigenvalue weighted by molar-refractivity contribution is 5.96. The number of carbonyl (C=O) groups excluding carboxylic acids is 1. The van der Waals surface area contributed by atoms with Gasteiger partial charge in [-0.2, -0.15) is 0 Å². The third-order valence-electron chi connectivity index (χ3n) is 5.35. The molecule has 0 unspecified atom stereocenters. The third-order valence-corrected chi connectivity index (χ3v) is 5.35. The minimum absolute atomic E-state index is 0.316. The molecule has 7 nitrogen and oxygen atoms in total. The molecule has 1 saturated heterocycles. The van der Waals surface area contributed by atoms with Gasteiger partial charge in [0.25, 0.3) is 0 Å². The number of likely N-dealkylation sites (N-methyl/N-ethyl adjacent to an activating group) is 1. The maximum atomic E-state index is 12.2. The SMILES string of the molecule is COc1cccc(C#CCc2nc3c(N4CCN(C)CC4)cccc3n2C(N)=O)c1. The molecule has 3 aromatic rings. The number of hydrogen-bond donors (Lipinski definition) is 1. The molecule has 30 heavy (non-hydrogen) atoms. The highest BCUT2D eigenvalue weighted by Crippen LogP contribution is 2.28. The van der Waals surface area contributed by atoms with Crippen molar-refractivity contribution in [3.8, 4) is 17.6 Å². The van der Waals surface area contributed by atoms with Gasteiger partial charge in [-0.05, 0) is 37.4 Å². The summed E-state index contributed by atoms with van der Waals surface area (Å²) >= 11 is 0. The van der Waals surface area contributed by atoms with E-state index >= 15 is 0 Å². The van der Waals surface area contributed by atoms with Gasteiger partial charge >= 0.3 is 6.03 Å². The molecule has 7 heteroatoms. The maximum Gasteiger partial charge on any atom is 0.324 e. The van der Waals surface area contributed by atoms with Crippen molar-refractivity contribution in [2.24, 2.45) is 5.73 Å². The Morgan fingerprint density at radius 3 is 2.67 bits per heavy atom. The molecule has 0 atom stereocenters. The standard InChI is InChI=1S/C23H25N5O2/c1-26-12-14-27(15-13-26)19-9-5-10-20-22(19)25-21(28(20)23(24)29)11-4-7-17-6-3-8-18(16-17)30-2/h3,5-6,8-10,16H,11-15H2,1-2H3,(H2,24,29). The summed E-state index contributed by atoms with van der Waals surface area (Å²) in [4.78, 5) is 21.6. The molecule has 0 saturated carbocycles. The molecular weight excluding hydrogens is 378 g/mol. The molecule has 2 heterocycles. The van der Waals surface area contributed by atoms with E-state index in [4.69, 9.17) is 15.5 Å². The molecule has 1 aromatic heterocycles. The number of imidazole rings is 1. The van der Waals surface area contributed by atoms with Crippen molar-refractivity contribution in [2.75, 3.05) is 45.2 Å². The normalized spacial score (nSPS) is 14.4. The van der Waals surface area contributed by atoms with E-state index in [0.717, 1.165) is 54.2 Å². The van der Waals surface area contributed by atoms with E-state index in [1.54, 1.807) is 7.11 Å². The maximum absolute atomic E-state index is 12.2. The summed E-state index contributed by atoms with van der Waals surface area (Å²) in [5, 5.41) is 0. The van der Waals surface area contributed by atoms with Crippen LogP contribution in [0.3, 0.4) is 0 Å². The third kappa shape index (κ3) is 3.95. The van der Waals surface area contributed by atoms with Gasteiger partial charge in [-0.15, -0.1) is 0 Å². The van der Waals surface area contributed by atoms with Gasteiger partial charge in [0, 0.05) is 31.7 Å². The first-order chi connectivity index (χ1) is 14.6. The molecule has 154 valence electrons. The molecule has 4 rings (SSSR count). The van der Waals surface area contributed by atoms with Gasteiger partial charge in [-0.3, -0.25) is 0 Å². The number of hydrogen-bond acceptors (Lipinski definition) is 5. The van der Waals surface area contributed by atoms with E-state index in [2.05, 4.69) is 34.8 Å². The first-order valence-electron chi connectivity index (χ1n) is 9.93. The topological polar surface area (TPSA) is 76.6 Å². The number of carbonyl (C=O) groups is 1. The molecule has 2 N–H and O–H groups in total. The van der Waals surface area contributed by atoms with Crippen molar-refractivity contribution in [3.63, 3.8) is 0 Å². The molecule has 0 radical (unpaired) electrons. The second-order valence-corrected chi connectivity index (χ2v) is 7.35. The highest BCUT2D eigenvalue weighted by Gasteiger charge is 2.21. The predicted octanol–water partition coefficient (Wildman–Crippen LogP) is 2.32. The summed E-state index contributed by atoms with van der Waals surface area (Å²) in [6.07, 6.45) is 0.316. The van der Waals surface area contributed by atoms with Crippen LogP contribution >= 0.6 is 0 Å². The molecule has 0 aliphatic carbocycles. The van der Waals surface area contributed by atoms with Gasteiger partial charge in [-0.25, -0.2) is 14.3 Å². The van der Waals surface area contributed by atoms with Crippen LogP contribution in [-0.2, 0) is 6.42 Å². The molecule has 0 bridgehead atoms. The van der Waals surface area contributed by atoms with E-state index in [1.165, 1.54) is 4.57 Å². The summed E-state index contributed by atoms with van der Waals surface area (Å²) in [6.45, 7) is 3.83. The predicted molar refractivity (Wildman–Crippen MR) is 118 cm³/mol. The Balaban J connectivity index is 1.68. The zero-order chi connectivity index (χ0) is 21.1. The monoisotopic (exact) mass is 403 g/mol. The number of fused-ring (bicyclic) bond motifs is 1. The summed E-state index contributed by atoms with van der Waals surface area (Å²) in [6, 6.07) is 12.9.